The van der Waals surface area contributed by atoms with Crippen molar-refractivity contribution >= 4 is 22.5 Å². The molecule has 1 N–H and O–H groups in total. The molecule has 52 heavy (non-hydrogen) atoms. The lowest BCUT2D eigenvalue weighted by Gasteiger charge is -2.19. The van der Waals surface area contributed by atoms with E-state index < -0.39 is 51.8 Å². The topological polar surface area (TPSA) is 128 Å². The van der Waals surface area contributed by atoms with Crippen molar-refractivity contribution in [2.45, 2.75) is 32.0 Å². The van der Waals surface area contributed by atoms with Gasteiger partial charge in [0.05, 0.1) is 29.8 Å². The van der Waals surface area contributed by atoms with Crippen LogP contribution in [0.3, 0.4) is 0 Å². The number of ether oxygens (including phenoxy) is 5. The van der Waals surface area contributed by atoms with Gasteiger partial charge in [0.25, 0.3) is 11.5 Å². The fourth-order valence-electron chi connectivity index (χ4n) is 5.78. The number of aromatic nitrogens is 4. The molecule has 12 nitrogen and oxygen atoms in total. The Morgan fingerprint density at radius 3 is 2.33 bits per heavy atom. The van der Waals surface area contributed by atoms with E-state index in [0.717, 1.165) is 35.3 Å². The molecular weight excluding hydrogens is 697 g/mol. The summed E-state index contributed by atoms with van der Waals surface area (Å²) in [7, 11) is 3.01. The third-order valence-electron chi connectivity index (χ3n) is 8.15. The number of amides is 1. The largest absolute Gasteiger partial charge is 0.487 e. The lowest BCUT2D eigenvalue weighted by molar-refractivity contribution is -0.138. The van der Waals surface area contributed by atoms with Crippen LogP contribution in [0.5, 0.6) is 23.1 Å². The second kappa shape index (κ2) is 15.4. The van der Waals surface area contributed by atoms with Gasteiger partial charge in [-0.1, -0.05) is 0 Å². The van der Waals surface area contributed by atoms with Crippen molar-refractivity contribution in [2.24, 2.45) is 0 Å². The van der Waals surface area contributed by atoms with Crippen LogP contribution >= 0.6 is 0 Å². The molecule has 1 aliphatic rings. The third kappa shape index (κ3) is 7.55. The van der Waals surface area contributed by atoms with Gasteiger partial charge >= 0.3 is 6.18 Å². The quantitative estimate of drug-likeness (QED) is 0.110. The van der Waals surface area contributed by atoms with Crippen molar-refractivity contribution in [3.63, 3.8) is 0 Å². The highest BCUT2D eigenvalue weighted by Gasteiger charge is 2.36. The minimum Gasteiger partial charge on any atom is -0.487 e. The van der Waals surface area contributed by atoms with Crippen LogP contribution in [0.15, 0.2) is 59.7 Å². The molecule has 0 atom stereocenters. The van der Waals surface area contributed by atoms with Gasteiger partial charge in [0.2, 0.25) is 5.88 Å². The van der Waals surface area contributed by atoms with Gasteiger partial charge < -0.3 is 29.0 Å². The summed E-state index contributed by atoms with van der Waals surface area (Å²) in [6.07, 6.45) is -2.39. The first-order valence-electron chi connectivity index (χ1n) is 16.0. The zero-order valence-corrected chi connectivity index (χ0v) is 27.9. The Labute approximate surface area is 292 Å². The van der Waals surface area contributed by atoms with Gasteiger partial charge in [-0.25, -0.2) is 23.4 Å². The molecule has 3 heterocycles. The Morgan fingerprint density at radius 2 is 1.62 bits per heavy atom. The Bertz CT molecular complexity index is 2170. The molecule has 1 aliphatic heterocycles. The number of fused-ring (bicyclic) bond motifs is 2. The Hall–Kier alpha value is -5.55. The van der Waals surface area contributed by atoms with E-state index in [9.17, 15) is 31.5 Å². The highest BCUT2D eigenvalue weighted by molar-refractivity contribution is 6.05. The predicted molar refractivity (Wildman–Crippen MR) is 177 cm³/mol. The second-order valence-corrected chi connectivity index (χ2v) is 11.6. The maximum absolute atomic E-state index is 14.8. The summed E-state index contributed by atoms with van der Waals surface area (Å²) >= 11 is 0. The monoisotopic (exact) mass is 729 g/mol. The molecule has 274 valence electrons. The molecule has 0 bridgehead atoms. The van der Waals surface area contributed by atoms with Crippen LogP contribution in [0.1, 0.15) is 34.5 Å². The Kier molecular flexibility index (Phi) is 10.7. The standard InChI is InChI=1S/C35H32F5N5O7/c1-48-11-13-50-29-17-22-25(18-30(29)51-14-12-49-2)41-19-42-33(22)52-28-9-7-21(16-23(28)35(38,39)40)43-32(46)31-26-5-3-4-10-44(26)45(34(31)47)27-15-20(36)6-8-24(27)37/h6-9,15-19H,3-5,10-14H2,1-2H3,(H,43,46). The Morgan fingerprint density at radius 1 is 0.885 bits per heavy atom. The zero-order chi connectivity index (χ0) is 37.0. The maximum Gasteiger partial charge on any atom is 0.420 e. The highest BCUT2D eigenvalue weighted by Crippen LogP contribution is 2.42. The maximum atomic E-state index is 14.8. The lowest BCUT2D eigenvalue weighted by Crippen LogP contribution is -2.26. The number of carbonyl (C=O) groups is 1. The van der Waals surface area contributed by atoms with E-state index >= 15 is 0 Å². The highest BCUT2D eigenvalue weighted by atomic mass is 19.4. The second-order valence-electron chi connectivity index (χ2n) is 11.6. The van der Waals surface area contributed by atoms with Gasteiger partial charge in [0, 0.05) is 38.6 Å². The molecule has 0 radical (unpaired) electrons. The molecule has 0 spiro atoms. The summed E-state index contributed by atoms with van der Waals surface area (Å²) in [5, 5.41) is 2.58. The van der Waals surface area contributed by atoms with Crippen LogP contribution in [0.2, 0.25) is 0 Å². The van der Waals surface area contributed by atoms with Gasteiger partial charge in [0.1, 0.15) is 53.7 Å². The van der Waals surface area contributed by atoms with Crippen molar-refractivity contribution in [2.75, 3.05) is 46.0 Å². The average molecular weight is 730 g/mol. The summed E-state index contributed by atoms with van der Waals surface area (Å²) < 4.78 is 102. The van der Waals surface area contributed by atoms with Crippen molar-refractivity contribution in [1.29, 1.82) is 0 Å². The number of carbonyl (C=O) groups excluding carboxylic acids is 1. The zero-order valence-electron chi connectivity index (χ0n) is 27.9. The average Bonchev–Trinajstić information content (AvgIpc) is 3.41. The van der Waals surface area contributed by atoms with Gasteiger partial charge in [-0.05, 0) is 55.7 Å². The summed E-state index contributed by atoms with van der Waals surface area (Å²) in [5.74, 6) is -3.03. The predicted octanol–water partition coefficient (Wildman–Crippen LogP) is 6.31. The van der Waals surface area contributed by atoms with E-state index in [-0.39, 0.29) is 73.3 Å². The molecule has 0 unspecified atom stereocenters. The molecule has 3 aromatic carbocycles. The van der Waals surface area contributed by atoms with E-state index in [1.54, 1.807) is 0 Å². The summed E-state index contributed by atoms with van der Waals surface area (Å²) in [4.78, 5) is 35.4. The van der Waals surface area contributed by atoms with E-state index in [1.807, 2.05) is 0 Å². The first-order chi connectivity index (χ1) is 25.0. The molecule has 2 aromatic heterocycles. The van der Waals surface area contributed by atoms with E-state index in [2.05, 4.69) is 15.3 Å². The van der Waals surface area contributed by atoms with Crippen LogP contribution in [-0.2, 0) is 28.6 Å². The number of anilines is 1. The number of methoxy groups -OCH3 is 2. The fourth-order valence-corrected chi connectivity index (χ4v) is 5.78. The summed E-state index contributed by atoms with van der Waals surface area (Å²) in [6.45, 7) is 1.09. The van der Waals surface area contributed by atoms with Crippen LogP contribution in [0, 0.1) is 11.6 Å². The minimum atomic E-state index is -4.97. The van der Waals surface area contributed by atoms with Crippen LogP contribution in [0.4, 0.5) is 27.6 Å². The van der Waals surface area contributed by atoms with Gasteiger partial charge in [0.15, 0.2) is 11.5 Å². The first-order valence-corrected chi connectivity index (χ1v) is 16.0. The molecule has 0 saturated carbocycles. The normalized spacial score (nSPS) is 12.8. The smallest absolute Gasteiger partial charge is 0.420 e. The number of hydrogen-bond acceptors (Lipinski definition) is 9. The van der Waals surface area contributed by atoms with Crippen LogP contribution < -0.4 is 25.1 Å². The molecular formula is C35H32F5N5O7. The summed E-state index contributed by atoms with van der Waals surface area (Å²) in [5.41, 5.74) is -2.75. The number of rotatable bonds is 13. The number of benzene rings is 3. The van der Waals surface area contributed by atoms with Crippen molar-refractivity contribution in [3.8, 4) is 28.8 Å². The van der Waals surface area contributed by atoms with Gasteiger partial charge in [-0.2, -0.15) is 13.2 Å². The molecule has 17 heteroatoms. The number of halogens is 5. The van der Waals surface area contributed by atoms with E-state index in [0.29, 0.717) is 24.7 Å². The van der Waals surface area contributed by atoms with Crippen molar-refractivity contribution in [3.05, 3.63) is 93.7 Å². The number of nitrogens with zero attached hydrogens (tertiary/aromatic N) is 4. The molecule has 5 aromatic rings. The van der Waals surface area contributed by atoms with Crippen LogP contribution in [0.25, 0.3) is 16.6 Å². The molecule has 0 fully saturated rings. The van der Waals surface area contributed by atoms with Gasteiger partial charge in [-0.3, -0.25) is 14.3 Å². The van der Waals surface area contributed by atoms with Crippen molar-refractivity contribution in [1.82, 2.24) is 19.3 Å². The number of nitrogens with one attached hydrogen (secondary N) is 1. The lowest BCUT2D eigenvalue weighted by atomic mass is 10.1. The molecule has 1 amide bonds. The Balaban J connectivity index is 1.33. The molecule has 6 rings (SSSR count). The molecule has 0 aliphatic carbocycles. The third-order valence-corrected chi connectivity index (χ3v) is 8.15. The SMILES string of the molecule is COCCOc1cc2ncnc(Oc3ccc(NC(=O)c4c5n(n(-c6cc(F)ccc6F)c4=O)CCCC5)cc3C(F)(F)F)c2cc1OCCOC. The van der Waals surface area contributed by atoms with E-state index in [1.165, 1.54) is 37.1 Å². The minimum absolute atomic E-state index is 0.139. The van der Waals surface area contributed by atoms with Crippen LogP contribution in [-0.4, -0.2) is 65.9 Å². The fraction of sp³-hybridized carbons (Fsp3) is 0.314. The summed E-state index contributed by atoms with van der Waals surface area (Å²) in [6, 6.07) is 8.42. The van der Waals surface area contributed by atoms with Crippen molar-refractivity contribution < 1.29 is 50.4 Å². The van der Waals surface area contributed by atoms with Gasteiger partial charge in [-0.15, -0.1) is 0 Å². The van der Waals surface area contributed by atoms with E-state index in [4.69, 9.17) is 23.7 Å². The molecule has 0 saturated heterocycles. The number of hydrogen-bond donors (Lipinski definition) is 1. The first kappa shape index (κ1) is 36.2. The number of alkyl halides is 3.